The number of hydrogen-bond acceptors (Lipinski definition) is 4. The molecule has 2 rings (SSSR count). The van der Waals surface area contributed by atoms with Crippen molar-refractivity contribution in [3.05, 3.63) is 0 Å². The first-order valence-electron chi connectivity index (χ1n) is 8.59. The number of hydrogen-bond donors (Lipinski definition) is 0. The smallest absolute Gasteiger partial charge is 0.209 e. The summed E-state index contributed by atoms with van der Waals surface area (Å²) in [5.74, 6) is 0.865. The molecule has 0 spiro atoms. The van der Waals surface area contributed by atoms with Crippen molar-refractivity contribution in [1.29, 1.82) is 0 Å². The predicted octanol–water partition coefficient (Wildman–Crippen LogP) is 3.83. The zero-order chi connectivity index (χ0) is 16.7. The number of ether oxygens (including phenoxy) is 4. The third kappa shape index (κ3) is 3.66. The Bertz CT molecular complexity index is 339. The molecule has 4 heteroatoms. The lowest BCUT2D eigenvalue weighted by Crippen LogP contribution is -2.57. The monoisotopic (exact) mass is 314 g/mol. The van der Waals surface area contributed by atoms with Crippen LogP contribution in [0.5, 0.6) is 0 Å². The molecule has 0 aromatic carbocycles. The third-order valence-electron chi connectivity index (χ3n) is 4.77. The zero-order valence-corrected chi connectivity index (χ0v) is 15.5. The molecule has 2 aliphatic heterocycles. The van der Waals surface area contributed by atoms with Crippen molar-refractivity contribution in [3.63, 3.8) is 0 Å². The molecule has 22 heavy (non-hydrogen) atoms. The third-order valence-corrected chi connectivity index (χ3v) is 4.77. The van der Waals surface area contributed by atoms with Gasteiger partial charge in [-0.3, -0.25) is 0 Å². The van der Waals surface area contributed by atoms with E-state index in [9.17, 15) is 0 Å². The molecule has 130 valence electrons. The summed E-state index contributed by atoms with van der Waals surface area (Å²) >= 11 is 0. The van der Waals surface area contributed by atoms with Crippen LogP contribution in [0.25, 0.3) is 0 Å². The van der Waals surface area contributed by atoms with Gasteiger partial charge in [0.2, 0.25) is 12.6 Å². The zero-order valence-electron chi connectivity index (χ0n) is 15.5. The lowest BCUT2D eigenvalue weighted by Gasteiger charge is -2.49. The molecule has 0 N–H and O–H groups in total. The van der Waals surface area contributed by atoms with Gasteiger partial charge in [-0.1, -0.05) is 55.4 Å². The SMILES string of the molecule is CC(C)[C@@H]1O[C@H]([C@@H]2OCC(C)(C)[C@H](C(C)C)O2)OCC1(C)C. The Morgan fingerprint density at radius 2 is 1.00 bits per heavy atom. The molecule has 0 aromatic rings. The van der Waals surface area contributed by atoms with E-state index in [-0.39, 0.29) is 23.0 Å². The van der Waals surface area contributed by atoms with Crippen LogP contribution in [-0.4, -0.2) is 38.0 Å². The van der Waals surface area contributed by atoms with Crippen LogP contribution in [-0.2, 0) is 18.9 Å². The van der Waals surface area contributed by atoms with E-state index in [0.29, 0.717) is 25.0 Å². The Balaban J connectivity index is 2.06. The molecule has 0 aromatic heterocycles. The van der Waals surface area contributed by atoms with E-state index < -0.39 is 12.6 Å². The Morgan fingerprint density at radius 1 is 0.682 bits per heavy atom. The lowest BCUT2D eigenvalue weighted by atomic mass is 9.80. The van der Waals surface area contributed by atoms with Gasteiger partial charge in [0.05, 0.1) is 25.4 Å². The van der Waals surface area contributed by atoms with E-state index in [1.54, 1.807) is 0 Å². The van der Waals surface area contributed by atoms with Gasteiger partial charge in [-0.2, -0.15) is 0 Å². The summed E-state index contributed by atoms with van der Waals surface area (Å²) in [6, 6.07) is 0. The molecule has 0 radical (unpaired) electrons. The summed E-state index contributed by atoms with van der Waals surface area (Å²) in [5, 5.41) is 0. The highest BCUT2D eigenvalue weighted by molar-refractivity contribution is 4.88. The number of rotatable bonds is 3. The van der Waals surface area contributed by atoms with Crippen LogP contribution in [0.1, 0.15) is 55.4 Å². The summed E-state index contributed by atoms with van der Waals surface area (Å²) in [7, 11) is 0. The standard InChI is InChI=1S/C18H34O4/c1-11(2)13-17(5,6)9-19-15(21-13)16-20-10-18(7,8)14(22-16)12(3)4/h11-16H,9-10H2,1-8H3/t13-,14-,15+,16+/m0/s1. The molecule has 2 aliphatic rings. The fourth-order valence-electron chi connectivity index (χ4n) is 3.90. The summed E-state index contributed by atoms with van der Waals surface area (Å²) in [6.07, 6.45) is -0.577. The van der Waals surface area contributed by atoms with Gasteiger partial charge in [0, 0.05) is 10.8 Å². The quantitative estimate of drug-likeness (QED) is 0.793. The summed E-state index contributed by atoms with van der Waals surface area (Å²) in [5.41, 5.74) is 0.0199. The van der Waals surface area contributed by atoms with Crippen LogP contribution in [0.4, 0.5) is 0 Å². The average molecular weight is 314 g/mol. The Kier molecular flexibility index (Phi) is 5.28. The van der Waals surface area contributed by atoms with Crippen LogP contribution in [0, 0.1) is 22.7 Å². The molecule has 4 atom stereocenters. The average Bonchev–Trinajstić information content (AvgIpc) is 2.37. The van der Waals surface area contributed by atoms with Gasteiger partial charge in [-0.25, -0.2) is 0 Å². The van der Waals surface area contributed by atoms with Crippen molar-refractivity contribution < 1.29 is 18.9 Å². The van der Waals surface area contributed by atoms with Crippen molar-refractivity contribution in [2.45, 2.75) is 80.2 Å². The lowest BCUT2D eigenvalue weighted by molar-refractivity contribution is -0.381. The van der Waals surface area contributed by atoms with E-state index in [4.69, 9.17) is 18.9 Å². The van der Waals surface area contributed by atoms with Crippen LogP contribution < -0.4 is 0 Å². The van der Waals surface area contributed by atoms with E-state index >= 15 is 0 Å². The van der Waals surface area contributed by atoms with Crippen LogP contribution in [0.15, 0.2) is 0 Å². The maximum absolute atomic E-state index is 6.23. The minimum atomic E-state index is -0.433. The van der Waals surface area contributed by atoms with Crippen molar-refractivity contribution in [2.24, 2.45) is 22.7 Å². The second kappa shape index (κ2) is 6.39. The topological polar surface area (TPSA) is 36.9 Å². The van der Waals surface area contributed by atoms with Gasteiger partial charge in [-0.15, -0.1) is 0 Å². The van der Waals surface area contributed by atoms with Gasteiger partial charge >= 0.3 is 0 Å². The van der Waals surface area contributed by atoms with E-state index in [1.165, 1.54) is 0 Å². The molecular weight excluding hydrogens is 280 g/mol. The van der Waals surface area contributed by atoms with Gasteiger partial charge in [0.1, 0.15) is 0 Å². The molecule has 2 saturated heterocycles. The summed E-state index contributed by atoms with van der Waals surface area (Å²) < 4.78 is 24.3. The maximum atomic E-state index is 6.23. The van der Waals surface area contributed by atoms with Gasteiger partial charge in [0.15, 0.2) is 0 Å². The van der Waals surface area contributed by atoms with E-state index in [0.717, 1.165) is 0 Å². The predicted molar refractivity (Wildman–Crippen MR) is 86.5 cm³/mol. The fourth-order valence-corrected chi connectivity index (χ4v) is 3.90. The molecule has 2 heterocycles. The summed E-state index contributed by atoms with van der Waals surface area (Å²) in [6.45, 7) is 18.9. The van der Waals surface area contributed by atoms with E-state index in [2.05, 4.69) is 55.4 Å². The first-order chi connectivity index (χ1) is 10.0. The fraction of sp³-hybridized carbons (Fsp3) is 1.00. The normalized spacial score (nSPS) is 38.5. The minimum Gasteiger partial charge on any atom is -0.347 e. The molecule has 0 saturated carbocycles. The highest BCUT2D eigenvalue weighted by Crippen LogP contribution is 2.40. The van der Waals surface area contributed by atoms with Crippen LogP contribution in [0.3, 0.4) is 0 Å². The Labute approximate surface area is 135 Å². The van der Waals surface area contributed by atoms with Crippen LogP contribution >= 0.6 is 0 Å². The second-order valence-corrected chi connectivity index (χ2v) is 8.94. The van der Waals surface area contributed by atoms with Crippen molar-refractivity contribution >= 4 is 0 Å². The minimum absolute atomic E-state index is 0.00997. The molecule has 4 nitrogen and oxygen atoms in total. The van der Waals surface area contributed by atoms with Crippen molar-refractivity contribution in [2.75, 3.05) is 13.2 Å². The molecule has 0 aliphatic carbocycles. The van der Waals surface area contributed by atoms with Crippen molar-refractivity contribution in [3.8, 4) is 0 Å². The Morgan fingerprint density at radius 3 is 1.27 bits per heavy atom. The molecule has 0 amide bonds. The van der Waals surface area contributed by atoms with Gasteiger partial charge < -0.3 is 18.9 Å². The van der Waals surface area contributed by atoms with Crippen LogP contribution in [0.2, 0.25) is 0 Å². The first-order valence-corrected chi connectivity index (χ1v) is 8.59. The second-order valence-electron chi connectivity index (χ2n) is 8.94. The maximum Gasteiger partial charge on any atom is 0.209 e. The largest absolute Gasteiger partial charge is 0.347 e. The molecular formula is C18H34O4. The first kappa shape index (κ1) is 18.2. The molecule has 0 unspecified atom stereocenters. The van der Waals surface area contributed by atoms with Gasteiger partial charge in [-0.05, 0) is 11.8 Å². The molecule has 2 fully saturated rings. The van der Waals surface area contributed by atoms with Gasteiger partial charge in [0.25, 0.3) is 0 Å². The van der Waals surface area contributed by atoms with E-state index in [1.807, 2.05) is 0 Å². The highest BCUT2D eigenvalue weighted by Gasteiger charge is 2.47. The Hall–Kier alpha value is -0.160. The molecule has 0 bridgehead atoms. The van der Waals surface area contributed by atoms with Crippen molar-refractivity contribution in [1.82, 2.24) is 0 Å². The summed E-state index contributed by atoms with van der Waals surface area (Å²) in [4.78, 5) is 0. The highest BCUT2D eigenvalue weighted by atomic mass is 16.8.